The fourth-order valence-electron chi connectivity index (χ4n) is 8.70. The third-order valence-corrected chi connectivity index (χ3v) is 12.5. The number of nitrogens with two attached hydrogens (primary N) is 1. The van der Waals surface area contributed by atoms with Crippen molar-refractivity contribution in [2.24, 2.45) is 5.73 Å². The second-order valence-electron chi connectivity index (χ2n) is 17.8. The van der Waals surface area contributed by atoms with Gasteiger partial charge in [-0.2, -0.15) is 0 Å². The molecule has 7 N–H and O–H groups in total. The highest BCUT2D eigenvalue weighted by atomic mass is 16.7. The summed E-state index contributed by atoms with van der Waals surface area (Å²) in [6.45, 7) is 9.91. The lowest BCUT2D eigenvalue weighted by atomic mass is 9.79. The number of hydrogen-bond donors (Lipinski definition) is 6. The zero-order valence-electron chi connectivity index (χ0n) is 38.4. The predicted molar refractivity (Wildman–Crippen MR) is 245 cm³/mol. The summed E-state index contributed by atoms with van der Waals surface area (Å²) in [5, 5.41) is 30.4. The van der Waals surface area contributed by atoms with Crippen molar-refractivity contribution in [2.45, 2.75) is 140 Å². The van der Waals surface area contributed by atoms with Crippen molar-refractivity contribution >= 4 is 36.7 Å². The van der Waals surface area contributed by atoms with Gasteiger partial charge in [-0.25, -0.2) is 0 Å². The van der Waals surface area contributed by atoms with E-state index in [-0.39, 0.29) is 31.6 Å². The monoisotopic (exact) mass is 899 g/mol. The summed E-state index contributed by atoms with van der Waals surface area (Å²) in [5.74, 6) is -3.68. The first-order valence-corrected chi connectivity index (χ1v) is 23.2. The molecule has 1 unspecified atom stereocenters. The number of fused-ring (bicyclic) bond motifs is 6. The maximum Gasteiger partial charge on any atom is 0.481 e. The van der Waals surface area contributed by atoms with Crippen molar-refractivity contribution in [3.05, 3.63) is 71.5 Å². The van der Waals surface area contributed by atoms with Gasteiger partial charge in [-0.05, 0) is 88.2 Å². The van der Waals surface area contributed by atoms with Crippen LogP contribution in [0.2, 0.25) is 0 Å². The van der Waals surface area contributed by atoms with Gasteiger partial charge in [0, 0.05) is 51.4 Å². The number of nitrogens with zero attached hydrogens (tertiary/aromatic N) is 5. The van der Waals surface area contributed by atoms with Gasteiger partial charge < -0.3 is 46.3 Å². The summed E-state index contributed by atoms with van der Waals surface area (Å²) >= 11 is 0. The van der Waals surface area contributed by atoms with Crippen LogP contribution in [0.3, 0.4) is 0 Å². The molecule has 7 rings (SSSR count). The molecule has 4 aliphatic rings. The summed E-state index contributed by atoms with van der Waals surface area (Å²) in [5.41, 5.74) is 9.89. The minimum absolute atomic E-state index is 0.00933. The van der Waals surface area contributed by atoms with Crippen molar-refractivity contribution in [1.29, 1.82) is 0 Å². The van der Waals surface area contributed by atoms with Crippen LogP contribution in [-0.2, 0) is 47.9 Å². The Balaban J connectivity index is 1.07. The fourth-order valence-corrected chi connectivity index (χ4v) is 8.70. The molecule has 18 nitrogen and oxygen atoms in total. The molecule has 0 spiro atoms. The molecule has 9 atom stereocenters. The Labute approximate surface area is 382 Å². The number of aryl methyl sites for hydroxylation is 2. The van der Waals surface area contributed by atoms with E-state index in [1.54, 1.807) is 29.9 Å². The van der Waals surface area contributed by atoms with Crippen LogP contribution >= 0.6 is 0 Å². The van der Waals surface area contributed by atoms with Crippen molar-refractivity contribution in [1.82, 2.24) is 46.1 Å². The minimum Gasteiger partial charge on any atom is -0.403 e. The van der Waals surface area contributed by atoms with E-state index in [0.717, 1.165) is 54.9 Å². The highest BCUT2D eigenvalue weighted by Gasteiger charge is 2.48. The zero-order chi connectivity index (χ0) is 46.6. The van der Waals surface area contributed by atoms with Gasteiger partial charge in [0.05, 0.1) is 29.9 Å². The van der Waals surface area contributed by atoms with E-state index in [2.05, 4.69) is 67.7 Å². The summed E-state index contributed by atoms with van der Waals surface area (Å²) < 4.78 is 14.0. The molecule has 6 bridgehead atoms. The molecule has 5 amide bonds. The molecule has 1 aromatic heterocycles. The molecule has 352 valence electrons. The molecule has 65 heavy (non-hydrogen) atoms. The topological polar surface area (TPSA) is 235 Å². The molecule has 3 aromatic rings. The van der Waals surface area contributed by atoms with Crippen LogP contribution in [0, 0.1) is 0 Å². The van der Waals surface area contributed by atoms with Crippen LogP contribution in [0.25, 0.3) is 11.1 Å². The first-order valence-electron chi connectivity index (χ1n) is 23.2. The number of carbonyl (C=O) groups is 5. The number of aliphatic hydroxyl groups is 1. The number of benzene rings is 2. The molecule has 2 fully saturated rings. The van der Waals surface area contributed by atoms with E-state index >= 15 is 0 Å². The lowest BCUT2D eigenvalue weighted by Gasteiger charge is -2.33. The van der Waals surface area contributed by atoms with Crippen LogP contribution in [-0.4, -0.2) is 148 Å². The molecule has 0 aliphatic carbocycles. The van der Waals surface area contributed by atoms with E-state index in [4.69, 9.17) is 15.0 Å². The van der Waals surface area contributed by atoms with Crippen LogP contribution in [0.1, 0.15) is 94.3 Å². The average molecular weight is 899 g/mol. The Morgan fingerprint density at radius 1 is 0.954 bits per heavy atom. The quantitative estimate of drug-likeness (QED) is 0.0786. The molecule has 0 radical (unpaired) electrons. The fraction of sp³-hybridized carbons (Fsp3) is 0.587. The van der Waals surface area contributed by atoms with Gasteiger partial charge >= 0.3 is 7.12 Å². The van der Waals surface area contributed by atoms with Crippen LogP contribution in [0.15, 0.2) is 54.7 Å². The maximum atomic E-state index is 14.1. The molecule has 19 heteroatoms. The van der Waals surface area contributed by atoms with Crippen molar-refractivity contribution in [3.8, 4) is 11.1 Å². The molecule has 2 aromatic carbocycles. The van der Waals surface area contributed by atoms with Gasteiger partial charge in [-0.3, -0.25) is 33.6 Å². The second kappa shape index (κ2) is 23.3. The SMILES string of the molecule is CCCCCCc1ccc(-c2ccc(C(=O)N[C@@H](CCCN)C(=O)N(C)[C@H](C(=O)N[C@@H](C)C(=O)N[C@H]3Cc4cn(nn4)CCCN4C[C@@H]5OB(O[C@@H]5C4)[C@H](C)NC3=O)[C@@H](C)O)cc2)cc1. The molecule has 4 aliphatic heterocycles. The zero-order valence-corrected chi connectivity index (χ0v) is 38.4. The summed E-state index contributed by atoms with van der Waals surface area (Å²) in [6.07, 6.45) is 7.42. The van der Waals surface area contributed by atoms with Gasteiger partial charge in [0.25, 0.3) is 5.91 Å². The number of hydrogen-bond acceptors (Lipinski definition) is 12. The lowest BCUT2D eigenvalue weighted by molar-refractivity contribution is -0.145. The maximum absolute atomic E-state index is 14.1. The number of likely N-dealkylation sites (N-methyl/N-ethyl adjacent to an activating group) is 1. The molecular formula is C46H67BN10O8. The van der Waals surface area contributed by atoms with E-state index < -0.39 is 72.9 Å². The molecular weight excluding hydrogens is 831 g/mol. The molecule has 5 heterocycles. The lowest BCUT2D eigenvalue weighted by Crippen LogP contribution is -2.61. The summed E-state index contributed by atoms with van der Waals surface area (Å²) in [7, 11) is 0.694. The number of aromatic nitrogens is 3. The first-order chi connectivity index (χ1) is 31.2. The third-order valence-electron chi connectivity index (χ3n) is 12.5. The Hall–Kier alpha value is -5.21. The largest absolute Gasteiger partial charge is 0.481 e. The van der Waals surface area contributed by atoms with Crippen LogP contribution in [0.5, 0.6) is 0 Å². The minimum atomic E-state index is -1.45. The molecule has 2 saturated heterocycles. The van der Waals surface area contributed by atoms with Gasteiger partial charge in [-0.15, -0.1) is 5.10 Å². The number of unbranched alkanes of at least 4 members (excludes halogenated alkanes) is 3. The Morgan fingerprint density at radius 3 is 2.28 bits per heavy atom. The van der Waals surface area contributed by atoms with E-state index in [1.807, 2.05) is 12.1 Å². The molecule has 0 saturated carbocycles. The first kappa shape index (κ1) is 49.2. The van der Waals surface area contributed by atoms with Crippen LogP contribution < -0.4 is 27.0 Å². The average Bonchev–Trinajstić information content (AvgIpc) is 4.02. The van der Waals surface area contributed by atoms with Crippen molar-refractivity contribution in [3.63, 3.8) is 0 Å². The van der Waals surface area contributed by atoms with Gasteiger partial charge in [0.15, 0.2) is 0 Å². The Bertz CT molecular complexity index is 2060. The van der Waals surface area contributed by atoms with Crippen molar-refractivity contribution in [2.75, 3.05) is 33.2 Å². The van der Waals surface area contributed by atoms with Gasteiger partial charge in [0.2, 0.25) is 23.6 Å². The number of rotatable bonds is 18. The second-order valence-corrected chi connectivity index (χ2v) is 17.8. The predicted octanol–water partition coefficient (Wildman–Crippen LogP) is 1.38. The van der Waals surface area contributed by atoms with Crippen molar-refractivity contribution < 1.29 is 38.4 Å². The Kier molecular flexibility index (Phi) is 17.7. The van der Waals surface area contributed by atoms with Gasteiger partial charge in [-0.1, -0.05) is 67.8 Å². The summed E-state index contributed by atoms with van der Waals surface area (Å²) in [4.78, 5) is 72.3. The smallest absolute Gasteiger partial charge is 0.403 e. The summed E-state index contributed by atoms with van der Waals surface area (Å²) in [6, 6.07) is 10.7. The van der Waals surface area contributed by atoms with E-state index in [1.165, 1.54) is 45.7 Å². The standard InChI is InChI=1S/C46H67BN10O8/c1-6-7-8-9-12-32-14-16-33(17-15-32)34-18-20-35(21-19-34)43(60)51-37(13-10-22-48)46(63)55(5)41(30(3)58)45(62)49-29(2)42(59)52-38-25-36-26-57(54-53-36)24-11-23-56-27-39-40(28-56)65-47(64-39)31(4)50-44(38)61/h14-21,26,29-31,37-41,58H,6-13,22-25,27-28,48H2,1-5H3,(H,49,62)(H,50,61)(H,51,60)(H,52,59)/t29-,30+,31-,37-,38-,39-,40+,41-/m0/s1. The normalized spacial score (nSPS) is 22.7. The van der Waals surface area contributed by atoms with E-state index in [9.17, 15) is 29.1 Å². The highest BCUT2D eigenvalue weighted by Crippen LogP contribution is 2.27. The third kappa shape index (κ3) is 13.2. The van der Waals surface area contributed by atoms with E-state index in [0.29, 0.717) is 24.2 Å². The number of carbonyl (C=O) groups excluding carboxylic acids is 5. The Morgan fingerprint density at radius 2 is 1.63 bits per heavy atom. The van der Waals surface area contributed by atoms with Crippen LogP contribution in [0.4, 0.5) is 0 Å². The number of nitrogens with one attached hydrogen (secondary N) is 4. The highest BCUT2D eigenvalue weighted by molar-refractivity contribution is 6.47. The number of amides is 5. The van der Waals surface area contributed by atoms with Gasteiger partial charge in [0.1, 0.15) is 24.2 Å². The number of aliphatic hydroxyl groups excluding tert-OH is 1.